The summed E-state index contributed by atoms with van der Waals surface area (Å²) in [6, 6.07) is -0.130. The molecule has 116 valence electrons. The number of nitrogens with one attached hydrogen (secondary N) is 2. The summed E-state index contributed by atoms with van der Waals surface area (Å²) >= 11 is 0. The van der Waals surface area contributed by atoms with Gasteiger partial charge in [-0.3, -0.25) is 0 Å². The lowest BCUT2D eigenvalue weighted by molar-refractivity contribution is 0.268. The lowest BCUT2D eigenvalue weighted by Crippen LogP contribution is -2.36. The molecule has 0 spiro atoms. The first kappa shape index (κ1) is 15.5. The van der Waals surface area contributed by atoms with E-state index in [2.05, 4.69) is 20.6 Å². The van der Waals surface area contributed by atoms with Crippen molar-refractivity contribution >= 4 is 23.5 Å². The van der Waals surface area contributed by atoms with Crippen LogP contribution in [-0.4, -0.2) is 33.3 Å². The van der Waals surface area contributed by atoms with Gasteiger partial charge in [0.2, 0.25) is 5.95 Å². The maximum Gasteiger partial charge on any atom is 0.222 e. The maximum absolute atomic E-state index is 14.0. The number of anilines is 3. The Morgan fingerprint density at radius 1 is 1.48 bits per heavy atom. The molecule has 1 aromatic heterocycles. The first-order valence-corrected chi connectivity index (χ1v) is 7.08. The molecule has 0 fully saturated rings. The van der Waals surface area contributed by atoms with Crippen LogP contribution in [0.5, 0.6) is 0 Å². The molecule has 21 heavy (non-hydrogen) atoms. The standard InChI is InChI=1S/C14H22FN5O/c1-4-5-8(7-21)17-12-11-9(18-13(16)19-12)6-10(15)14(2,3)20-11/h6,8,20-21H,4-5,7H2,1-3H3,(H3,16,17,18,19)/t8-/m0/s1. The number of nitrogens with zero attached hydrogens (tertiary/aromatic N) is 2. The molecule has 0 saturated carbocycles. The fourth-order valence-electron chi connectivity index (χ4n) is 2.25. The molecule has 0 aliphatic carbocycles. The SMILES string of the molecule is CCC[C@@H](CO)Nc1nc(N)nc2c1NC(C)(C)C(F)=C2. The number of aromatic nitrogens is 2. The van der Waals surface area contributed by atoms with Crippen molar-refractivity contribution in [3.63, 3.8) is 0 Å². The molecule has 0 bridgehead atoms. The number of nitrogen functional groups attached to an aromatic ring is 1. The predicted molar refractivity (Wildman–Crippen MR) is 82.6 cm³/mol. The van der Waals surface area contributed by atoms with Crippen LogP contribution in [0.2, 0.25) is 0 Å². The van der Waals surface area contributed by atoms with Crippen molar-refractivity contribution in [3.8, 4) is 0 Å². The Labute approximate surface area is 123 Å². The first-order chi connectivity index (χ1) is 9.87. The van der Waals surface area contributed by atoms with E-state index >= 15 is 0 Å². The Bertz CT molecular complexity index is 559. The quantitative estimate of drug-likeness (QED) is 0.664. The molecule has 0 amide bonds. The number of hydrogen-bond donors (Lipinski definition) is 4. The van der Waals surface area contributed by atoms with Crippen LogP contribution in [-0.2, 0) is 0 Å². The van der Waals surface area contributed by atoms with Gasteiger partial charge in [0, 0.05) is 6.08 Å². The highest BCUT2D eigenvalue weighted by Crippen LogP contribution is 2.37. The van der Waals surface area contributed by atoms with E-state index in [1.807, 2.05) is 6.92 Å². The van der Waals surface area contributed by atoms with Crippen molar-refractivity contribution in [2.45, 2.75) is 45.2 Å². The monoisotopic (exact) mass is 295 g/mol. The second kappa shape index (κ2) is 5.85. The number of hydrogen-bond acceptors (Lipinski definition) is 6. The van der Waals surface area contributed by atoms with Gasteiger partial charge in [0.05, 0.1) is 23.9 Å². The van der Waals surface area contributed by atoms with E-state index in [1.165, 1.54) is 6.08 Å². The Balaban J connectivity index is 2.40. The summed E-state index contributed by atoms with van der Waals surface area (Å²) in [5, 5.41) is 15.6. The molecule has 1 atom stereocenters. The van der Waals surface area contributed by atoms with E-state index in [1.54, 1.807) is 13.8 Å². The van der Waals surface area contributed by atoms with Crippen LogP contribution in [0.4, 0.5) is 21.8 Å². The van der Waals surface area contributed by atoms with Crippen LogP contribution in [0.1, 0.15) is 39.3 Å². The van der Waals surface area contributed by atoms with Gasteiger partial charge in [-0.05, 0) is 20.3 Å². The van der Waals surface area contributed by atoms with Gasteiger partial charge in [0.15, 0.2) is 5.82 Å². The second-order valence-electron chi connectivity index (χ2n) is 5.75. The number of nitrogens with two attached hydrogens (primary N) is 1. The van der Waals surface area contributed by atoms with Crippen molar-refractivity contribution in [2.24, 2.45) is 0 Å². The van der Waals surface area contributed by atoms with E-state index in [0.717, 1.165) is 12.8 Å². The average molecular weight is 295 g/mol. The number of rotatable bonds is 5. The fourth-order valence-corrected chi connectivity index (χ4v) is 2.25. The zero-order valence-electron chi connectivity index (χ0n) is 12.6. The average Bonchev–Trinajstić information content (AvgIpc) is 2.40. The topological polar surface area (TPSA) is 96.1 Å². The molecule has 5 N–H and O–H groups in total. The lowest BCUT2D eigenvalue weighted by atomic mass is 9.98. The Hall–Kier alpha value is -1.89. The third-order valence-corrected chi connectivity index (χ3v) is 3.45. The molecule has 7 heteroatoms. The summed E-state index contributed by atoms with van der Waals surface area (Å²) in [5.41, 5.74) is 5.87. The van der Waals surface area contributed by atoms with Crippen molar-refractivity contribution in [2.75, 3.05) is 23.0 Å². The second-order valence-corrected chi connectivity index (χ2v) is 5.75. The van der Waals surface area contributed by atoms with E-state index in [0.29, 0.717) is 17.2 Å². The number of aliphatic hydroxyl groups is 1. The maximum atomic E-state index is 14.0. The highest BCUT2D eigenvalue weighted by atomic mass is 19.1. The molecule has 1 aliphatic heterocycles. The zero-order valence-corrected chi connectivity index (χ0v) is 12.6. The van der Waals surface area contributed by atoms with Crippen LogP contribution in [0, 0.1) is 0 Å². The summed E-state index contributed by atoms with van der Waals surface area (Å²) < 4.78 is 14.0. The van der Waals surface area contributed by atoms with E-state index in [4.69, 9.17) is 5.73 Å². The van der Waals surface area contributed by atoms with Gasteiger partial charge in [0.25, 0.3) is 0 Å². The predicted octanol–water partition coefficient (Wildman–Crippen LogP) is 2.15. The van der Waals surface area contributed by atoms with Crippen LogP contribution in [0.3, 0.4) is 0 Å². The first-order valence-electron chi connectivity index (χ1n) is 7.08. The largest absolute Gasteiger partial charge is 0.394 e. The van der Waals surface area contributed by atoms with Crippen LogP contribution in [0.25, 0.3) is 6.08 Å². The summed E-state index contributed by atoms with van der Waals surface area (Å²) in [6.07, 6.45) is 3.08. The van der Waals surface area contributed by atoms with Gasteiger partial charge in [-0.15, -0.1) is 0 Å². The van der Waals surface area contributed by atoms with Crippen LogP contribution in [0.15, 0.2) is 5.83 Å². The molecular weight excluding hydrogens is 273 g/mol. The van der Waals surface area contributed by atoms with E-state index < -0.39 is 5.54 Å². The van der Waals surface area contributed by atoms with Crippen molar-refractivity contribution in [1.29, 1.82) is 0 Å². The Morgan fingerprint density at radius 3 is 2.81 bits per heavy atom. The summed E-state index contributed by atoms with van der Waals surface area (Å²) in [4.78, 5) is 8.23. The van der Waals surface area contributed by atoms with Crippen molar-refractivity contribution in [1.82, 2.24) is 9.97 Å². The number of halogens is 1. The minimum absolute atomic E-state index is 0.0138. The third-order valence-electron chi connectivity index (χ3n) is 3.45. The lowest BCUT2D eigenvalue weighted by Gasteiger charge is -2.32. The van der Waals surface area contributed by atoms with Gasteiger partial charge in [-0.25, -0.2) is 9.37 Å². The fraction of sp³-hybridized carbons (Fsp3) is 0.571. The van der Waals surface area contributed by atoms with Crippen LogP contribution < -0.4 is 16.4 Å². The number of fused-ring (bicyclic) bond motifs is 1. The minimum Gasteiger partial charge on any atom is -0.394 e. The number of aliphatic hydroxyl groups excluding tert-OH is 1. The van der Waals surface area contributed by atoms with Crippen molar-refractivity contribution in [3.05, 3.63) is 11.5 Å². The molecule has 1 aromatic rings. The molecule has 0 unspecified atom stereocenters. The third kappa shape index (κ3) is 3.24. The van der Waals surface area contributed by atoms with Gasteiger partial charge in [-0.2, -0.15) is 4.98 Å². The molecule has 1 aliphatic rings. The molecular formula is C14H22FN5O. The Morgan fingerprint density at radius 2 is 2.19 bits per heavy atom. The zero-order chi connectivity index (χ0) is 15.6. The van der Waals surface area contributed by atoms with Gasteiger partial charge in [-0.1, -0.05) is 13.3 Å². The molecule has 2 heterocycles. The molecule has 6 nitrogen and oxygen atoms in total. The normalized spacial score (nSPS) is 17.5. The van der Waals surface area contributed by atoms with Crippen LogP contribution >= 0.6 is 0 Å². The molecule has 2 rings (SSSR count). The molecule has 0 radical (unpaired) electrons. The smallest absolute Gasteiger partial charge is 0.222 e. The molecule has 0 saturated heterocycles. The molecule has 0 aromatic carbocycles. The highest BCUT2D eigenvalue weighted by molar-refractivity contribution is 5.80. The van der Waals surface area contributed by atoms with E-state index in [9.17, 15) is 9.50 Å². The summed E-state index contributed by atoms with van der Waals surface area (Å²) in [5.74, 6) is 0.239. The van der Waals surface area contributed by atoms with Gasteiger partial charge >= 0.3 is 0 Å². The minimum atomic E-state index is -0.831. The summed E-state index contributed by atoms with van der Waals surface area (Å²) in [7, 11) is 0. The van der Waals surface area contributed by atoms with E-state index in [-0.39, 0.29) is 24.4 Å². The summed E-state index contributed by atoms with van der Waals surface area (Å²) in [6.45, 7) is 5.49. The van der Waals surface area contributed by atoms with Gasteiger partial charge < -0.3 is 21.5 Å². The van der Waals surface area contributed by atoms with Gasteiger partial charge in [0.1, 0.15) is 11.5 Å². The van der Waals surface area contributed by atoms with Crippen molar-refractivity contribution < 1.29 is 9.50 Å². The Kier molecular flexibility index (Phi) is 4.32. The highest BCUT2D eigenvalue weighted by Gasteiger charge is 2.31.